The van der Waals surface area contributed by atoms with E-state index in [4.69, 9.17) is 9.47 Å². The first kappa shape index (κ1) is 25.7. The monoisotopic (exact) mass is 484 g/mol. The quantitative estimate of drug-likeness (QED) is 0.418. The molecule has 0 aliphatic heterocycles. The second kappa shape index (κ2) is 10.6. The SMILES string of the molecule is COC(=O)[C@H](Cc1c[nH]c2ccccc12)NC(=O)[C@H](C)n1cnnc1[C@H](C)NC(=O)OC(C)(C)C. The fourth-order valence-electron chi connectivity index (χ4n) is 3.68. The normalized spacial score (nSPS) is 14.1. The van der Waals surface area contributed by atoms with Gasteiger partial charge in [0.15, 0.2) is 5.82 Å². The van der Waals surface area contributed by atoms with Gasteiger partial charge in [-0.15, -0.1) is 10.2 Å². The molecule has 0 spiro atoms. The number of carbonyl (C=O) groups is 3. The predicted molar refractivity (Wildman–Crippen MR) is 128 cm³/mol. The number of H-pyrrole nitrogens is 1. The molecule has 3 atom stereocenters. The Morgan fingerprint density at radius 1 is 1.14 bits per heavy atom. The van der Waals surface area contributed by atoms with Crippen molar-refractivity contribution in [1.29, 1.82) is 0 Å². The standard InChI is InChI=1S/C24H32N6O5/c1-14(27-23(33)35-24(3,4)5)20-29-26-13-30(20)15(2)21(31)28-19(22(32)34-6)11-16-12-25-18-10-8-7-9-17(16)18/h7-10,12-15,19,25H,11H2,1-6H3,(H,27,33)(H,28,31)/t14-,15-,19-/m0/s1. The first-order chi connectivity index (χ1) is 16.5. The van der Waals surface area contributed by atoms with Crippen molar-refractivity contribution >= 4 is 28.9 Å². The molecule has 0 aliphatic rings. The summed E-state index contributed by atoms with van der Waals surface area (Å²) in [4.78, 5) is 40.9. The number of fused-ring (bicyclic) bond motifs is 1. The Labute approximate surface area is 203 Å². The first-order valence-corrected chi connectivity index (χ1v) is 11.3. The zero-order valence-corrected chi connectivity index (χ0v) is 20.8. The molecule has 3 rings (SSSR count). The molecule has 3 aromatic rings. The number of nitrogens with one attached hydrogen (secondary N) is 3. The van der Waals surface area contributed by atoms with Crippen LogP contribution in [0.1, 0.15) is 58.1 Å². The van der Waals surface area contributed by atoms with Crippen molar-refractivity contribution in [3.8, 4) is 0 Å². The summed E-state index contributed by atoms with van der Waals surface area (Å²) in [6, 6.07) is 5.47. The number of para-hydroxylation sites is 1. The predicted octanol–water partition coefficient (Wildman–Crippen LogP) is 2.81. The Morgan fingerprint density at radius 3 is 2.54 bits per heavy atom. The molecule has 11 nitrogen and oxygen atoms in total. The number of methoxy groups -OCH3 is 1. The lowest BCUT2D eigenvalue weighted by Gasteiger charge is -2.23. The third-order valence-corrected chi connectivity index (χ3v) is 5.42. The molecule has 2 aromatic heterocycles. The lowest BCUT2D eigenvalue weighted by atomic mass is 10.0. The molecule has 0 aliphatic carbocycles. The summed E-state index contributed by atoms with van der Waals surface area (Å²) in [5.74, 6) is -0.615. The van der Waals surface area contributed by atoms with Crippen molar-refractivity contribution in [3.63, 3.8) is 0 Å². The molecule has 0 unspecified atom stereocenters. The molecule has 0 radical (unpaired) electrons. The minimum Gasteiger partial charge on any atom is -0.467 e. The number of esters is 1. The van der Waals surface area contributed by atoms with E-state index in [2.05, 4.69) is 25.8 Å². The molecule has 2 heterocycles. The van der Waals surface area contributed by atoms with Crippen molar-refractivity contribution in [2.75, 3.05) is 7.11 Å². The molecule has 2 amide bonds. The van der Waals surface area contributed by atoms with Crippen LogP contribution in [0.2, 0.25) is 0 Å². The Kier molecular flexibility index (Phi) is 7.78. The van der Waals surface area contributed by atoms with E-state index in [1.807, 2.05) is 30.5 Å². The van der Waals surface area contributed by atoms with Crippen LogP contribution in [0.5, 0.6) is 0 Å². The Bertz CT molecular complexity index is 1190. The van der Waals surface area contributed by atoms with Crippen LogP contribution in [-0.4, -0.2) is 56.5 Å². The summed E-state index contributed by atoms with van der Waals surface area (Å²) in [5.41, 5.74) is 1.16. The second-order valence-corrected chi connectivity index (χ2v) is 9.29. The van der Waals surface area contributed by atoms with Gasteiger partial charge >= 0.3 is 12.1 Å². The largest absolute Gasteiger partial charge is 0.467 e. The van der Waals surface area contributed by atoms with Gasteiger partial charge in [-0.2, -0.15) is 0 Å². The van der Waals surface area contributed by atoms with Crippen LogP contribution in [-0.2, 0) is 25.5 Å². The Balaban J connectivity index is 1.73. The van der Waals surface area contributed by atoms with Crippen LogP contribution in [0.4, 0.5) is 4.79 Å². The highest BCUT2D eigenvalue weighted by Crippen LogP contribution is 2.20. The molecule has 0 saturated carbocycles. The van der Waals surface area contributed by atoms with Crippen LogP contribution in [0.3, 0.4) is 0 Å². The van der Waals surface area contributed by atoms with E-state index in [1.165, 1.54) is 18.0 Å². The summed E-state index contributed by atoms with van der Waals surface area (Å²) in [6.45, 7) is 8.66. The number of rotatable bonds is 8. The van der Waals surface area contributed by atoms with Crippen LogP contribution in [0.25, 0.3) is 10.9 Å². The van der Waals surface area contributed by atoms with E-state index in [-0.39, 0.29) is 6.42 Å². The Hall–Kier alpha value is -3.89. The number of benzene rings is 1. The molecule has 0 fully saturated rings. The van der Waals surface area contributed by atoms with Gasteiger partial charge in [0.25, 0.3) is 0 Å². The summed E-state index contributed by atoms with van der Waals surface area (Å²) in [7, 11) is 1.28. The van der Waals surface area contributed by atoms with Gasteiger partial charge in [0, 0.05) is 23.5 Å². The molecule has 1 aromatic carbocycles. The minimum atomic E-state index is -0.897. The third kappa shape index (κ3) is 6.37. The number of nitrogens with zero attached hydrogens (tertiary/aromatic N) is 3. The van der Waals surface area contributed by atoms with Gasteiger partial charge in [0.1, 0.15) is 24.0 Å². The minimum absolute atomic E-state index is 0.251. The number of hydrogen-bond donors (Lipinski definition) is 3. The van der Waals surface area contributed by atoms with E-state index in [0.29, 0.717) is 5.82 Å². The van der Waals surface area contributed by atoms with Gasteiger partial charge in [0.05, 0.1) is 13.2 Å². The summed E-state index contributed by atoms with van der Waals surface area (Å²) in [6.07, 6.45) is 2.86. The fourth-order valence-corrected chi connectivity index (χ4v) is 3.68. The first-order valence-electron chi connectivity index (χ1n) is 11.3. The van der Waals surface area contributed by atoms with Crippen LogP contribution < -0.4 is 10.6 Å². The maximum atomic E-state index is 13.1. The summed E-state index contributed by atoms with van der Waals surface area (Å²) in [5, 5.41) is 14.4. The maximum Gasteiger partial charge on any atom is 0.408 e. The average Bonchev–Trinajstić information content (AvgIpc) is 3.44. The van der Waals surface area contributed by atoms with Crippen molar-refractivity contribution in [1.82, 2.24) is 30.4 Å². The molecular formula is C24H32N6O5. The summed E-state index contributed by atoms with van der Waals surface area (Å²) < 4.78 is 11.8. The molecular weight excluding hydrogens is 452 g/mol. The number of aromatic amines is 1. The van der Waals surface area contributed by atoms with Crippen LogP contribution in [0.15, 0.2) is 36.8 Å². The van der Waals surface area contributed by atoms with E-state index in [0.717, 1.165) is 16.5 Å². The number of alkyl carbamates (subject to hydrolysis) is 1. The van der Waals surface area contributed by atoms with Gasteiger partial charge in [-0.05, 0) is 46.2 Å². The zero-order chi connectivity index (χ0) is 25.8. The van der Waals surface area contributed by atoms with Gasteiger partial charge < -0.3 is 29.7 Å². The maximum absolute atomic E-state index is 13.1. The molecule has 11 heteroatoms. The average molecular weight is 485 g/mol. The van der Waals surface area contributed by atoms with Crippen molar-refractivity contribution < 1.29 is 23.9 Å². The number of aromatic nitrogens is 4. The van der Waals surface area contributed by atoms with Gasteiger partial charge in [-0.3, -0.25) is 4.79 Å². The van der Waals surface area contributed by atoms with Crippen LogP contribution >= 0.6 is 0 Å². The highest BCUT2D eigenvalue weighted by molar-refractivity contribution is 5.88. The summed E-state index contributed by atoms with van der Waals surface area (Å²) >= 11 is 0. The highest BCUT2D eigenvalue weighted by atomic mass is 16.6. The van der Waals surface area contributed by atoms with E-state index >= 15 is 0 Å². The molecule has 188 valence electrons. The zero-order valence-electron chi connectivity index (χ0n) is 20.8. The van der Waals surface area contributed by atoms with Crippen molar-refractivity contribution in [3.05, 3.63) is 48.2 Å². The van der Waals surface area contributed by atoms with Gasteiger partial charge in [0.2, 0.25) is 5.91 Å². The lowest BCUT2D eigenvalue weighted by molar-refractivity contribution is -0.145. The number of amides is 2. The van der Waals surface area contributed by atoms with Crippen LogP contribution in [0, 0.1) is 0 Å². The van der Waals surface area contributed by atoms with Gasteiger partial charge in [-0.25, -0.2) is 9.59 Å². The van der Waals surface area contributed by atoms with Gasteiger partial charge in [-0.1, -0.05) is 18.2 Å². The van der Waals surface area contributed by atoms with E-state index in [1.54, 1.807) is 34.6 Å². The van der Waals surface area contributed by atoms with Crippen molar-refractivity contribution in [2.24, 2.45) is 0 Å². The molecule has 0 saturated heterocycles. The van der Waals surface area contributed by atoms with E-state index < -0.39 is 41.7 Å². The number of hydrogen-bond acceptors (Lipinski definition) is 7. The lowest BCUT2D eigenvalue weighted by Crippen LogP contribution is -2.45. The molecule has 35 heavy (non-hydrogen) atoms. The van der Waals surface area contributed by atoms with Crippen molar-refractivity contribution in [2.45, 2.75) is 64.8 Å². The molecule has 0 bridgehead atoms. The highest BCUT2D eigenvalue weighted by Gasteiger charge is 2.29. The van der Waals surface area contributed by atoms with E-state index in [9.17, 15) is 14.4 Å². The molecule has 3 N–H and O–H groups in total. The Morgan fingerprint density at radius 2 is 1.86 bits per heavy atom. The number of carbonyl (C=O) groups excluding carboxylic acids is 3. The smallest absolute Gasteiger partial charge is 0.408 e. The topological polar surface area (TPSA) is 140 Å². The number of ether oxygens (including phenoxy) is 2. The fraction of sp³-hybridized carbons (Fsp3) is 0.458. The second-order valence-electron chi connectivity index (χ2n) is 9.29. The third-order valence-electron chi connectivity index (χ3n) is 5.42.